The molecule has 0 spiro atoms. The summed E-state index contributed by atoms with van der Waals surface area (Å²) in [6, 6.07) is 0. The number of esters is 1. The molecule has 0 unspecified atom stereocenters. The Hall–Kier alpha value is -0.990. The van der Waals surface area contributed by atoms with E-state index in [0.29, 0.717) is 6.61 Å². The van der Waals surface area contributed by atoms with E-state index >= 15 is 0 Å². The maximum atomic E-state index is 10.8. The maximum absolute atomic E-state index is 10.8. The van der Waals surface area contributed by atoms with Crippen LogP contribution in [-0.2, 0) is 9.53 Å². The van der Waals surface area contributed by atoms with Crippen LogP contribution in [-0.4, -0.2) is 19.6 Å². The lowest BCUT2D eigenvalue weighted by atomic mass is 10.3. The predicted molar refractivity (Wildman–Crippen MR) is 44.1 cm³/mol. The van der Waals surface area contributed by atoms with Gasteiger partial charge in [0.1, 0.15) is 0 Å². The largest absolute Gasteiger partial charge is 0.463 e. The van der Waals surface area contributed by atoms with Crippen molar-refractivity contribution in [2.75, 3.05) is 13.7 Å². The van der Waals surface area contributed by atoms with Crippen molar-refractivity contribution >= 4 is 5.97 Å². The molecule has 0 saturated carbocycles. The molecule has 0 aliphatic rings. The quantitative estimate of drug-likeness (QED) is 0.490. The van der Waals surface area contributed by atoms with E-state index in [2.05, 4.69) is 5.32 Å². The molecule has 64 valence electrons. The van der Waals surface area contributed by atoms with E-state index in [1.54, 1.807) is 14.0 Å². The van der Waals surface area contributed by atoms with Crippen molar-refractivity contribution in [2.45, 2.75) is 20.3 Å². The molecule has 1 N–H and O–H groups in total. The molecule has 0 aromatic carbocycles. The fourth-order valence-electron chi connectivity index (χ4n) is 0.677. The molecule has 0 fully saturated rings. The molecule has 0 amide bonds. The van der Waals surface area contributed by atoms with Crippen LogP contribution in [0.25, 0.3) is 0 Å². The third-order valence-corrected chi connectivity index (χ3v) is 1.28. The highest BCUT2D eigenvalue weighted by atomic mass is 16.5. The van der Waals surface area contributed by atoms with E-state index in [-0.39, 0.29) is 5.97 Å². The van der Waals surface area contributed by atoms with Gasteiger partial charge < -0.3 is 10.1 Å². The Kier molecular flexibility index (Phi) is 5.25. The number of hydrogen-bond donors (Lipinski definition) is 1. The third-order valence-electron chi connectivity index (χ3n) is 1.28. The van der Waals surface area contributed by atoms with Crippen LogP contribution >= 0.6 is 0 Å². The Morgan fingerprint density at radius 2 is 2.18 bits per heavy atom. The highest BCUT2D eigenvalue weighted by molar-refractivity contribution is 5.82. The zero-order chi connectivity index (χ0) is 8.69. The van der Waals surface area contributed by atoms with Crippen molar-refractivity contribution < 1.29 is 9.53 Å². The van der Waals surface area contributed by atoms with Crippen molar-refractivity contribution in [3.05, 3.63) is 11.8 Å². The Labute approximate surface area is 67.4 Å². The summed E-state index contributed by atoms with van der Waals surface area (Å²) in [5, 5.41) is 2.90. The zero-order valence-corrected chi connectivity index (χ0v) is 7.31. The molecule has 11 heavy (non-hydrogen) atoms. The highest BCUT2D eigenvalue weighted by Gasteiger charge is 1.97. The van der Waals surface area contributed by atoms with E-state index in [0.717, 1.165) is 12.1 Å². The van der Waals surface area contributed by atoms with Crippen LogP contribution in [0.3, 0.4) is 0 Å². The maximum Gasteiger partial charge on any atom is 0.332 e. The number of allylic oxidation sites excluding steroid dienone is 1. The summed E-state index contributed by atoms with van der Waals surface area (Å²) in [4.78, 5) is 10.8. The fraction of sp³-hybridized carbons (Fsp3) is 0.625. The number of rotatable bonds is 4. The Balaban J connectivity index is 3.93. The van der Waals surface area contributed by atoms with Gasteiger partial charge in [0.25, 0.3) is 0 Å². The van der Waals surface area contributed by atoms with E-state index in [4.69, 9.17) is 4.74 Å². The molecule has 0 bridgehead atoms. The molecule has 0 rings (SSSR count). The first-order chi connectivity index (χ1) is 5.24. The summed E-state index contributed by atoms with van der Waals surface area (Å²) in [6.45, 7) is 4.19. The second-order valence-corrected chi connectivity index (χ2v) is 2.03. The van der Waals surface area contributed by atoms with Crippen molar-refractivity contribution in [3.63, 3.8) is 0 Å². The Morgan fingerprint density at radius 1 is 1.55 bits per heavy atom. The molecule has 0 heterocycles. The zero-order valence-electron chi connectivity index (χ0n) is 7.31. The highest BCUT2D eigenvalue weighted by Crippen LogP contribution is 1.94. The van der Waals surface area contributed by atoms with Gasteiger partial charge in [-0.3, -0.25) is 0 Å². The molecule has 0 aliphatic heterocycles. The van der Waals surface area contributed by atoms with Gasteiger partial charge in [-0.1, -0.05) is 6.92 Å². The van der Waals surface area contributed by atoms with Crippen molar-refractivity contribution in [1.82, 2.24) is 5.32 Å². The van der Waals surface area contributed by atoms with Crippen LogP contribution in [0.1, 0.15) is 20.3 Å². The van der Waals surface area contributed by atoms with Gasteiger partial charge in [0, 0.05) is 18.8 Å². The predicted octanol–water partition coefficient (Wildman–Crippen LogP) is 1.06. The van der Waals surface area contributed by atoms with Gasteiger partial charge in [-0.25, -0.2) is 4.79 Å². The van der Waals surface area contributed by atoms with Crippen LogP contribution in [0.5, 0.6) is 0 Å². The Bertz CT molecular complexity index is 146. The average Bonchev–Trinajstić information content (AvgIpc) is 2.01. The molecule has 0 saturated heterocycles. The molecule has 0 aromatic heterocycles. The van der Waals surface area contributed by atoms with E-state index in [1.807, 2.05) is 6.92 Å². The molecule has 0 radical (unpaired) electrons. The Morgan fingerprint density at radius 3 is 2.55 bits per heavy atom. The van der Waals surface area contributed by atoms with Crippen LogP contribution in [0.2, 0.25) is 0 Å². The number of ether oxygens (including phenoxy) is 1. The molecular weight excluding hydrogens is 142 g/mol. The monoisotopic (exact) mass is 157 g/mol. The SMILES string of the molecule is CCOC(=O)C=C(CC)NC. The minimum Gasteiger partial charge on any atom is -0.463 e. The number of nitrogens with one attached hydrogen (secondary N) is 1. The lowest BCUT2D eigenvalue weighted by Crippen LogP contribution is -2.09. The summed E-state index contributed by atoms with van der Waals surface area (Å²) < 4.78 is 4.72. The van der Waals surface area contributed by atoms with Crippen LogP contribution < -0.4 is 5.32 Å². The van der Waals surface area contributed by atoms with Crippen molar-refractivity contribution in [2.24, 2.45) is 0 Å². The van der Waals surface area contributed by atoms with E-state index < -0.39 is 0 Å². The fourth-order valence-corrected chi connectivity index (χ4v) is 0.677. The van der Waals surface area contributed by atoms with Gasteiger partial charge in [0.05, 0.1) is 6.61 Å². The second-order valence-electron chi connectivity index (χ2n) is 2.03. The molecule has 3 heteroatoms. The first-order valence-electron chi connectivity index (χ1n) is 3.79. The summed E-state index contributed by atoms with van der Waals surface area (Å²) in [7, 11) is 1.79. The normalized spacial score (nSPS) is 11.0. The lowest BCUT2D eigenvalue weighted by Gasteiger charge is -2.02. The van der Waals surface area contributed by atoms with Gasteiger partial charge in [0.2, 0.25) is 0 Å². The molecule has 3 nitrogen and oxygen atoms in total. The topological polar surface area (TPSA) is 38.3 Å². The van der Waals surface area contributed by atoms with Crippen LogP contribution in [0.4, 0.5) is 0 Å². The minimum atomic E-state index is -0.279. The molecule has 0 aliphatic carbocycles. The lowest BCUT2D eigenvalue weighted by molar-refractivity contribution is -0.137. The molecule has 0 atom stereocenters. The molecule has 0 aromatic rings. The first-order valence-corrected chi connectivity index (χ1v) is 3.79. The summed E-state index contributed by atoms with van der Waals surface area (Å²) >= 11 is 0. The number of carbonyl (C=O) groups excluding carboxylic acids is 1. The van der Waals surface area contributed by atoms with Gasteiger partial charge in [-0.2, -0.15) is 0 Å². The van der Waals surface area contributed by atoms with Gasteiger partial charge in [-0.15, -0.1) is 0 Å². The summed E-state index contributed by atoms with van der Waals surface area (Å²) in [6.07, 6.45) is 2.29. The first kappa shape index (κ1) is 10.0. The third kappa shape index (κ3) is 4.42. The van der Waals surface area contributed by atoms with E-state index in [9.17, 15) is 4.79 Å². The standard InChI is InChI=1S/C8H15NO2/c1-4-7(9-3)6-8(10)11-5-2/h6,9H,4-5H2,1-3H3. The molecular formula is C8H15NO2. The van der Waals surface area contributed by atoms with Gasteiger partial charge >= 0.3 is 5.97 Å². The average molecular weight is 157 g/mol. The summed E-state index contributed by atoms with van der Waals surface area (Å²) in [5.41, 5.74) is 0.892. The second kappa shape index (κ2) is 5.77. The van der Waals surface area contributed by atoms with Gasteiger partial charge in [-0.05, 0) is 13.3 Å². The number of hydrogen-bond acceptors (Lipinski definition) is 3. The number of carbonyl (C=O) groups is 1. The van der Waals surface area contributed by atoms with Crippen molar-refractivity contribution in [1.29, 1.82) is 0 Å². The van der Waals surface area contributed by atoms with E-state index in [1.165, 1.54) is 6.08 Å². The summed E-state index contributed by atoms with van der Waals surface area (Å²) in [5.74, 6) is -0.279. The smallest absolute Gasteiger partial charge is 0.332 e. The van der Waals surface area contributed by atoms with Gasteiger partial charge in [0.15, 0.2) is 0 Å². The van der Waals surface area contributed by atoms with Crippen molar-refractivity contribution in [3.8, 4) is 0 Å². The van der Waals surface area contributed by atoms with Crippen LogP contribution in [0.15, 0.2) is 11.8 Å². The minimum absolute atomic E-state index is 0.279. The van der Waals surface area contributed by atoms with Crippen LogP contribution in [0, 0.1) is 0 Å².